The zero-order chi connectivity index (χ0) is 11.9. The highest BCUT2D eigenvalue weighted by molar-refractivity contribution is 7.99. The van der Waals surface area contributed by atoms with E-state index in [9.17, 15) is 0 Å². The van der Waals surface area contributed by atoms with Crippen molar-refractivity contribution in [2.45, 2.75) is 38.5 Å². The molecule has 1 heterocycles. The quantitative estimate of drug-likeness (QED) is 0.476. The van der Waals surface area contributed by atoms with Gasteiger partial charge in [-0.15, -0.1) is 0 Å². The van der Waals surface area contributed by atoms with Crippen molar-refractivity contribution in [3.63, 3.8) is 0 Å². The summed E-state index contributed by atoms with van der Waals surface area (Å²) in [7, 11) is 0. The number of rotatable bonds is 4. The van der Waals surface area contributed by atoms with Gasteiger partial charge in [0.1, 0.15) is 0 Å². The van der Waals surface area contributed by atoms with Gasteiger partial charge in [0, 0.05) is 31.1 Å². The smallest absolute Gasteiger partial charge is 0.191 e. The summed E-state index contributed by atoms with van der Waals surface area (Å²) in [6.45, 7) is 3.07. The molecule has 1 saturated heterocycles. The van der Waals surface area contributed by atoms with Crippen molar-refractivity contribution in [3.8, 4) is 0 Å². The third-order valence-electron chi connectivity index (χ3n) is 3.85. The number of hydrogen-bond donors (Lipinski definition) is 1. The maximum atomic E-state index is 6.01. The molecule has 2 rings (SSSR count). The molecule has 0 radical (unpaired) electrons. The molecule has 1 saturated carbocycles. The van der Waals surface area contributed by atoms with E-state index in [4.69, 9.17) is 5.73 Å². The zero-order valence-electron chi connectivity index (χ0n) is 10.7. The van der Waals surface area contributed by atoms with Gasteiger partial charge in [0.15, 0.2) is 5.96 Å². The molecule has 1 aliphatic heterocycles. The Bertz CT molecular complexity index is 243. The molecule has 1 aliphatic carbocycles. The van der Waals surface area contributed by atoms with Gasteiger partial charge in [-0.25, -0.2) is 0 Å². The molecule has 0 unspecified atom stereocenters. The van der Waals surface area contributed by atoms with Crippen LogP contribution in [0.15, 0.2) is 4.99 Å². The van der Waals surface area contributed by atoms with Crippen molar-refractivity contribution in [1.82, 2.24) is 4.90 Å². The van der Waals surface area contributed by atoms with Crippen LogP contribution in [0.4, 0.5) is 0 Å². The van der Waals surface area contributed by atoms with E-state index in [0.717, 1.165) is 31.5 Å². The molecule has 0 spiro atoms. The third-order valence-corrected chi connectivity index (χ3v) is 4.80. The van der Waals surface area contributed by atoms with Gasteiger partial charge in [-0.3, -0.25) is 4.99 Å². The van der Waals surface area contributed by atoms with E-state index in [1.165, 1.54) is 50.0 Å². The van der Waals surface area contributed by atoms with Crippen molar-refractivity contribution in [2.24, 2.45) is 16.6 Å². The Morgan fingerprint density at radius 2 is 1.94 bits per heavy atom. The minimum Gasteiger partial charge on any atom is -0.370 e. The molecule has 17 heavy (non-hydrogen) atoms. The van der Waals surface area contributed by atoms with Crippen LogP contribution in [0.25, 0.3) is 0 Å². The van der Waals surface area contributed by atoms with E-state index >= 15 is 0 Å². The molecule has 0 bridgehead atoms. The number of thioether (sulfide) groups is 1. The second kappa shape index (κ2) is 7.14. The van der Waals surface area contributed by atoms with Crippen LogP contribution in [0.3, 0.4) is 0 Å². The van der Waals surface area contributed by atoms with Crippen LogP contribution in [0.1, 0.15) is 38.5 Å². The Hall–Kier alpha value is -0.380. The molecule has 2 fully saturated rings. The van der Waals surface area contributed by atoms with Crippen LogP contribution in [-0.2, 0) is 0 Å². The summed E-state index contributed by atoms with van der Waals surface area (Å²) >= 11 is 2.01. The first kappa shape index (κ1) is 13.1. The summed E-state index contributed by atoms with van der Waals surface area (Å²) in [5.41, 5.74) is 6.01. The van der Waals surface area contributed by atoms with Gasteiger partial charge < -0.3 is 10.6 Å². The molecule has 98 valence electrons. The lowest BCUT2D eigenvalue weighted by molar-refractivity contribution is 0.452. The number of nitrogens with two attached hydrogens (primary N) is 1. The summed E-state index contributed by atoms with van der Waals surface area (Å²) in [5.74, 6) is 4.14. The number of nitrogens with zero attached hydrogens (tertiary/aromatic N) is 2. The van der Waals surface area contributed by atoms with Crippen molar-refractivity contribution in [3.05, 3.63) is 0 Å². The molecule has 2 aliphatic rings. The lowest BCUT2D eigenvalue weighted by atomic mass is 10.0. The van der Waals surface area contributed by atoms with E-state index in [-0.39, 0.29) is 0 Å². The molecule has 0 amide bonds. The molecule has 0 aromatic heterocycles. The fraction of sp³-hybridized carbons (Fsp3) is 0.923. The van der Waals surface area contributed by atoms with Crippen molar-refractivity contribution >= 4 is 17.7 Å². The molecule has 4 heteroatoms. The first-order valence-electron chi connectivity index (χ1n) is 6.99. The van der Waals surface area contributed by atoms with Gasteiger partial charge >= 0.3 is 0 Å². The molecule has 0 aromatic rings. The lowest BCUT2D eigenvalue weighted by Crippen LogP contribution is -2.42. The van der Waals surface area contributed by atoms with Crippen LogP contribution < -0.4 is 5.73 Å². The van der Waals surface area contributed by atoms with Gasteiger partial charge in [-0.2, -0.15) is 11.8 Å². The fourth-order valence-electron chi connectivity index (χ4n) is 2.77. The molecule has 3 nitrogen and oxygen atoms in total. The summed E-state index contributed by atoms with van der Waals surface area (Å²) in [6, 6.07) is 0. The minimum absolute atomic E-state index is 0.775. The summed E-state index contributed by atoms with van der Waals surface area (Å²) < 4.78 is 0. The van der Waals surface area contributed by atoms with Gasteiger partial charge in [0.25, 0.3) is 0 Å². The number of guanidine groups is 1. The van der Waals surface area contributed by atoms with Gasteiger partial charge in [-0.1, -0.05) is 25.7 Å². The summed E-state index contributed by atoms with van der Waals surface area (Å²) in [4.78, 5) is 6.75. The van der Waals surface area contributed by atoms with Gasteiger partial charge in [0.05, 0.1) is 0 Å². The first-order valence-corrected chi connectivity index (χ1v) is 8.14. The minimum atomic E-state index is 0.775. The van der Waals surface area contributed by atoms with Crippen LogP contribution in [0.5, 0.6) is 0 Å². The first-order chi connectivity index (χ1) is 8.36. The Kier molecular flexibility index (Phi) is 5.49. The molecule has 0 atom stereocenters. The molecule has 2 N–H and O–H groups in total. The average Bonchev–Trinajstić information content (AvgIpc) is 2.88. The Labute approximate surface area is 109 Å². The van der Waals surface area contributed by atoms with E-state index in [1.54, 1.807) is 0 Å². The maximum absolute atomic E-state index is 6.01. The summed E-state index contributed by atoms with van der Waals surface area (Å²) in [6.07, 6.45) is 8.36. The summed E-state index contributed by atoms with van der Waals surface area (Å²) in [5, 5.41) is 0. The fourth-order valence-corrected chi connectivity index (χ4v) is 3.67. The van der Waals surface area contributed by atoms with Crippen molar-refractivity contribution in [1.29, 1.82) is 0 Å². The van der Waals surface area contributed by atoms with Crippen LogP contribution in [0.2, 0.25) is 0 Å². The highest BCUT2D eigenvalue weighted by Gasteiger charge is 2.14. The third kappa shape index (κ3) is 4.41. The van der Waals surface area contributed by atoms with Crippen LogP contribution in [0, 0.1) is 5.92 Å². The Morgan fingerprint density at radius 3 is 2.65 bits per heavy atom. The monoisotopic (exact) mass is 255 g/mol. The van der Waals surface area contributed by atoms with E-state index in [2.05, 4.69) is 9.89 Å². The van der Waals surface area contributed by atoms with Crippen LogP contribution >= 0.6 is 11.8 Å². The van der Waals surface area contributed by atoms with E-state index < -0.39 is 0 Å². The van der Waals surface area contributed by atoms with Crippen LogP contribution in [-0.4, -0.2) is 42.0 Å². The predicted octanol–water partition coefficient (Wildman–Crippen LogP) is 2.32. The van der Waals surface area contributed by atoms with Crippen molar-refractivity contribution in [2.75, 3.05) is 31.1 Å². The second-order valence-electron chi connectivity index (χ2n) is 5.13. The van der Waals surface area contributed by atoms with E-state index in [0.29, 0.717) is 0 Å². The number of hydrogen-bond acceptors (Lipinski definition) is 2. The highest BCUT2D eigenvalue weighted by Crippen LogP contribution is 2.28. The maximum Gasteiger partial charge on any atom is 0.191 e. The topological polar surface area (TPSA) is 41.6 Å². The SMILES string of the molecule is NC(=NCCCC1CCCC1)N1CCSCC1. The standard InChI is InChI=1S/C13H25N3S/c14-13(16-8-10-17-11-9-16)15-7-3-6-12-4-1-2-5-12/h12H,1-11H2,(H2,14,15). The largest absolute Gasteiger partial charge is 0.370 e. The van der Waals surface area contributed by atoms with E-state index in [1.807, 2.05) is 11.8 Å². The predicted molar refractivity (Wildman–Crippen MR) is 76.6 cm³/mol. The second-order valence-corrected chi connectivity index (χ2v) is 6.36. The Balaban J connectivity index is 1.61. The Morgan fingerprint density at radius 1 is 1.24 bits per heavy atom. The lowest BCUT2D eigenvalue weighted by Gasteiger charge is -2.27. The van der Waals surface area contributed by atoms with Crippen molar-refractivity contribution < 1.29 is 0 Å². The normalized spacial score (nSPS) is 23.3. The molecular formula is C13H25N3S. The zero-order valence-corrected chi connectivity index (χ0v) is 11.6. The van der Waals surface area contributed by atoms with Gasteiger partial charge in [-0.05, 0) is 18.8 Å². The average molecular weight is 255 g/mol. The molecular weight excluding hydrogens is 230 g/mol. The highest BCUT2D eigenvalue weighted by atomic mass is 32.2. The van der Waals surface area contributed by atoms with Gasteiger partial charge in [0.2, 0.25) is 0 Å². The number of aliphatic imine (C=N–C) groups is 1. The molecule has 0 aromatic carbocycles.